The molecule has 0 spiro atoms. The lowest BCUT2D eigenvalue weighted by atomic mass is 10.0. The molecule has 4 aromatic rings. The normalized spacial score (nSPS) is 14.5. The van der Waals surface area contributed by atoms with Gasteiger partial charge in [-0.15, -0.1) is 6.58 Å². The first-order chi connectivity index (χ1) is 22.3. The smallest absolute Gasteiger partial charge is 0.335 e. The average molecular weight is 639 g/mol. The van der Waals surface area contributed by atoms with Crippen LogP contribution in [0, 0.1) is 5.82 Å². The fourth-order valence-electron chi connectivity index (χ4n) is 4.71. The molecule has 1 heterocycles. The van der Waals surface area contributed by atoms with Crippen LogP contribution in [0.15, 0.2) is 107 Å². The maximum Gasteiger partial charge on any atom is 0.335 e. The van der Waals surface area contributed by atoms with E-state index in [9.17, 15) is 19.1 Å². The van der Waals surface area contributed by atoms with Crippen LogP contribution in [0.3, 0.4) is 0 Å². The monoisotopic (exact) mass is 638 g/mol. The van der Waals surface area contributed by atoms with Crippen molar-refractivity contribution in [3.05, 3.63) is 136 Å². The molecule has 1 fully saturated rings. The Hall–Kier alpha value is -5.35. The summed E-state index contributed by atoms with van der Waals surface area (Å²) >= 11 is 1.24. The fraction of sp³-hybridized carbons (Fsp3) is 0.139. The number of methoxy groups -OCH3 is 2. The molecular weight excluding hydrogens is 607 g/mol. The molecule has 0 aromatic heterocycles. The van der Waals surface area contributed by atoms with Crippen LogP contribution < -0.4 is 14.2 Å². The number of carbonyl (C=O) groups excluding carboxylic acids is 1. The van der Waals surface area contributed by atoms with Crippen molar-refractivity contribution < 1.29 is 33.3 Å². The van der Waals surface area contributed by atoms with E-state index in [0.29, 0.717) is 39.4 Å². The molecule has 1 amide bonds. The van der Waals surface area contributed by atoms with E-state index in [4.69, 9.17) is 19.2 Å². The minimum absolute atomic E-state index is 0.160. The first kappa shape index (κ1) is 32.1. The first-order valence-corrected chi connectivity index (χ1v) is 15.0. The van der Waals surface area contributed by atoms with E-state index in [1.54, 1.807) is 85.9 Å². The predicted molar refractivity (Wildman–Crippen MR) is 177 cm³/mol. The molecule has 0 unspecified atom stereocenters. The number of carboxylic acid groups (broad SMARTS) is 1. The Balaban J connectivity index is 1.48. The van der Waals surface area contributed by atoms with Crippen LogP contribution in [0.25, 0.3) is 6.08 Å². The van der Waals surface area contributed by atoms with Gasteiger partial charge < -0.3 is 19.3 Å². The second-order valence-corrected chi connectivity index (χ2v) is 11.2. The number of carboxylic acids is 1. The number of thioether (sulfide) groups is 1. The number of nitrogens with zero attached hydrogens (tertiary/aromatic N) is 2. The molecule has 1 N–H and O–H groups in total. The van der Waals surface area contributed by atoms with Gasteiger partial charge in [0, 0.05) is 5.56 Å². The maximum atomic E-state index is 13.8. The molecule has 1 saturated heterocycles. The molecule has 10 heteroatoms. The third kappa shape index (κ3) is 7.65. The number of allylic oxidation sites excluding steroid dienone is 1. The summed E-state index contributed by atoms with van der Waals surface area (Å²) in [5, 5.41) is 9.75. The number of amidine groups is 1. The number of rotatable bonds is 12. The van der Waals surface area contributed by atoms with Gasteiger partial charge in [0.1, 0.15) is 18.2 Å². The largest absolute Gasteiger partial charge is 0.497 e. The van der Waals surface area contributed by atoms with Crippen molar-refractivity contribution in [3.63, 3.8) is 0 Å². The van der Waals surface area contributed by atoms with Crippen molar-refractivity contribution in [1.29, 1.82) is 0 Å². The van der Waals surface area contributed by atoms with E-state index in [2.05, 4.69) is 6.58 Å². The van der Waals surface area contributed by atoms with Gasteiger partial charge in [-0.05, 0) is 102 Å². The maximum absolute atomic E-state index is 13.8. The van der Waals surface area contributed by atoms with E-state index >= 15 is 0 Å². The van der Waals surface area contributed by atoms with Gasteiger partial charge in [0.05, 0.1) is 36.9 Å². The van der Waals surface area contributed by atoms with E-state index in [-0.39, 0.29) is 30.4 Å². The highest BCUT2D eigenvalue weighted by atomic mass is 32.2. The van der Waals surface area contributed by atoms with Crippen molar-refractivity contribution in [2.45, 2.75) is 19.6 Å². The van der Waals surface area contributed by atoms with Crippen LogP contribution >= 0.6 is 11.8 Å². The van der Waals surface area contributed by atoms with Crippen LogP contribution in [0.1, 0.15) is 32.6 Å². The summed E-state index contributed by atoms with van der Waals surface area (Å²) in [5.74, 6) is 0.102. The lowest BCUT2D eigenvalue weighted by Gasteiger charge is -2.16. The van der Waals surface area contributed by atoms with Crippen molar-refractivity contribution in [1.82, 2.24) is 4.90 Å². The van der Waals surface area contributed by atoms with Gasteiger partial charge in [-0.3, -0.25) is 9.69 Å². The SMILES string of the molecule is C=CCc1cc(/C=C2\SC(=Nc3ccc(OC)cc3)N(Cc3ccc(C(=O)O)cc3)C2=O)cc(OC)c1OCc1ccc(F)cc1. The van der Waals surface area contributed by atoms with Gasteiger partial charge in [-0.2, -0.15) is 0 Å². The second-order valence-electron chi connectivity index (χ2n) is 10.2. The molecule has 1 aliphatic rings. The number of aromatic carboxylic acids is 1. The Morgan fingerprint density at radius 3 is 2.30 bits per heavy atom. The number of halogens is 1. The van der Waals surface area contributed by atoms with Crippen molar-refractivity contribution in [2.24, 2.45) is 4.99 Å². The molecule has 0 saturated carbocycles. The minimum atomic E-state index is -1.02. The summed E-state index contributed by atoms with van der Waals surface area (Å²) < 4.78 is 30.4. The third-order valence-electron chi connectivity index (χ3n) is 7.06. The standard InChI is InChI=1S/C36H31FN2O6S/c1-4-5-27-18-25(19-31(44-3)33(27)45-22-24-8-12-28(37)13-9-24)20-32-34(40)39(21-23-6-10-26(11-7-23)35(41)42)36(46-32)38-29-14-16-30(43-2)17-15-29/h4,6-20H,1,5,21-22H2,2-3H3,(H,41,42)/b32-20-,38-36?. The zero-order valence-electron chi connectivity index (χ0n) is 25.2. The molecule has 0 atom stereocenters. The molecule has 4 aromatic carbocycles. The van der Waals surface area contributed by atoms with Gasteiger partial charge in [-0.25, -0.2) is 14.2 Å². The Kier molecular flexibility index (Phi) is 10.2. The Morgan fingerprint density at radius 1 is 0.978 bits per heavy atom. The van der Waals surface area contributed by atoms with Crippen molar-refractivity contribution >= 4 is 40.6 Å². The average Bonchev–Trinajstić information content (AvgIpc) is 3.34. The van der Waals surface area contributed by atoms with Crippen LogP contribution in [-0.2, 0) is 24.4 Å². The van der Waals surface area contributed by atoms with Gasteiger partial charge in [-0.1, -0.05) is 30.3 Å². The number of hydrogen-bond donors (Lipinski definition) is 1. The number of ether oxygens (including phenoxy) is 3. The second kappa shape index (κ2) is 14.6. The van der Waals surface area contributed by atoms with Crippen molar-refractivity contribution in [2.75, 3.05) is 14.2 Å². The quantitative estimate of drug-likeness (QED) is 0.126. The van der Waals surface area contributed by atoms with Gasteiger partial charge in [0.25, 0.3) is 5.91 Å². The van der Waals surface area contributed by atoms with E-state index in [0.717, 1.165) is 22.3 Å². The molecule has 0 aliphatic carbocycles. The molecule has 5 rings (SSSR count). The van der Waals surface area contributed by atoms with Crippen LogP contribution in [0.5, 0.6) is 17.2 Å². The summed E-state index contributed by atoms with van der Waals surface area (Å²) in [5.41, 5.74) is 3.87. The fourth-order valence-corrected chi connectivity index (χ4v) is 5.71. The number of hydrogen-bond acceptors (Lipinski definition) is 7. The highest BCUT2D eigenvalue weighted by Gasteiger charge is 2.34. The summed E-state index contributed by atoms with van der Waals surface area (Å²) in [6.45, 7) is 4.28. The number of carbonyl (C=O) groups is 2. The molecule has 1 aliphatic heterocycles. The summed E-state index contributed by atoms with van der Waals surface area (Å²) in [6, 6.07) is 23.4. The van der Waals surface area contributed by atoms with E-state index in [1.807, 2.05) is 6.07 Å². The highest BCUT2D eigenvalue weighted by Crippen LogP contribution is 2.39. The molecule has 0 bridgehead atoms. The van der Waals surface area contributed by atoms with Gasteiger partial charge in [0.15, 0.2) is 16.7 Å². The zero-order valence-corrected chi connectivity index (χ0v) is 26.1. The summed E-state index contributed by atoms with van der Waals surface area (Å²) in [6.07, 6.45) is 4.02. The van der Waals surface area contributed by atoms with E-state index < -0.39 is 5.97 Å². The summed E-state index contributed by atoms with van der Waals surface area (Å²) in [4.78, 5) is 32.0. The zero-order chi connectivity index (χ0) is 32.6. The van der Waals surface area contributed by atoms with Crippen molar-refractivity contribution in [3.8, 4) is 17.2 Å². The van der Waals surface area contributed by atoms with Crippen LogP contribution in [0.2, 0.25) is 0 Å². The predicted octanol–water partition coefficient (Wildman–Crippen LogP) is 7.65. The number of aliphatic imine (C=N–C) groups is 1. The third-order valence-corrected chi connectivity index (χ3v) is 8.07. The molecule has 8 nitrogen and oxygen atoms in total. The van der Waals surface area contributed by atoms with E-state index in [1.165, 1.54) is 36.0 Å². The lowest BCUT2D eigenvalue weighted by Crippen LogP contribution is -2.28. The Bertz CT molecular complexity index is 1800. The molecule has 234 valence electrons. The van der Waals surface area contributed by atoms with Gasteiger partial charge in [0.2, 0.25) is 0 Å². The number of amides is 1. The lowest BCUT2D eigenvalue weighted by molar-refractivity contribution is -0.122. The van der Waals surface area contributed by atoms with Crippen LogP contribution in [0.4, 0.5) is 10.1 Å². The molecular formula is C36H31FN2O6S. The highest BCUT2D eigenvalue weighted by molar-refractivity contribution is 8.18. The van der Waals surface area contributed by atoms with Gasteiger partial charge >= 0.3 is 5.97 Å². The topological polar surface area (TPSA) is 97.7 Å². The minimum Gasteiger partial charge on any atom is -0.497 e. The number of benzene rings is 4. The van der Waals surface area contributed by atoms with Crippen LogP contribution in [-0.4, -0.2) is 41.3 Å². The molecule has 0 radical (unpaired) electrons. The molecule has 46 heavy (non-hydrogen) atoms. The first-order valence-electron chi connectivity index (χ1n) is 14.2. The Labute approximate surface area is 270 Å². The summed E-state index contributed by atoms with van der Waals surface area (Å²) in [7, 11) is 3.13. The Morgan fingerprint density at radius 2 is 1.67 bits per heavy atom.